The van der Waals surface area contributed by atoms with Crippen LogP contribution in [0.3, 0.4) is 0 Å². The lowest BCUT2D eigenvalue weighted by atomic mass is 10.2. The van der Waals surface area contributed by atoms with Gasteiger partial charge in [0.15, 0.2) is 11.7 Å². The molecule has 24 heavy (non-hydrogen) atoms. The Morgan fingerprint density at radius 3 is 2.88 bits per heavy atom. The van der Waals surface area contributed by atoms with Crippen LogP contribution in [0.25, 0.3) is 11.3 Å². The lowest BCUT2D eigenvalue weighted by Gasteiger charge is -2.01. The molecule has 1 N–H and O–H groups in total. The van der Waals surface area contributed by atoms with E-state index in [9.17, 15) is 4.79 Å². The van der Waals surface area contributed by atoms with Gasteiger partial charge in [-0.25, -0.2) is 4.98 Å². The smallest absolute Gasteiger partial charge is 0.225 e. The topological polar surface area (TPSA) is 78.9 Å². The first-order chi connectivity index (χ1) is 11.7. The number of amides is 1. The van der Waals surface area contributed by atoms with Crippen LogP contribution in [0.15, 0.2) is 46.3 Å². The van der Waals surface area contributed by atoms with E-state index in [1.54, 1.807) is 29.8 Å². The van der Waals surface area contributed by atoms with Crippen LogP contribution < -0.4 is 5.32 Å². The third kappa shape index (κ3) is 3.82. The van der Waals surface area contributed by atoms with Gasteiger partial charge in [0, 0.05) is 23.4 Å². The predicted octanol–water partition coefficient (Wildman–Crippen LogP) is 4.50. The highest BCUT2D eigenvalue weighted by Gasteiger charge is 2.11. The van der Waals surface area contributed by atoms with E-state index >= 15 is 0 Å². The lowest BCUT2D eigenvalue weighted by molar-refractivity contribution is -0.116. The summed E-state index contributed by atoms with van der Waals surface area (Å²) in [7, 11) is 0. The van der Waals surface area contributed by atoms with E-state index in [1.165, 1.54) is 11.3 Å². The molecular formula is C17H12ClN3O2S. The quantitative estimate of drug-likeness (QED) is 0.729. The lowest BCUT2D eigenvalue weighted by Crippen LogP contribution is -2.12. The molecule has 0 aliphatic rings. The minimum absolute atomic E-state index is 0.180. The van der Waals surface area contributed by atoms with Crippen LogP contribution in [0.5, 0.6) is 0 Å². The number of hydrogen-bond donors (Lipinski definition) is 1. The Morgan fingerprint density at radius 1 is 1.33 bits per heavy atom. The first-order valence-corrected chi connectivity index (χ1v) is 8.39. The van der Waals surface area contributed by atoms with Gasteiger partial charge in [0.2, 0.25) is 5.91 Å². The maximum Gasteiger partial charge on any atom is 0.225 e. The zero-order valence-electron chi connectivity index (χ0n) is 12.5. The van der Waals surface area contributed by atoms with Gasteiger partial charge >= 0.3 is 0 Å². The first kappa shape index (κ1) is 16.2. The molecule has 3 rings (SSSR count). The average Bonchev–Trinajstić information content (AvgIpc) is 3.22. The SMILES string of the molecule is N#Cc1ccsc1NC(=O)CCc1ncc(-c2ccc(Cl)cc2)o1. The van der Waals surface area contributed by atoms with Crippen molar-refractivity contribution in [2.75, 3.05) is 5.32 Å². The third-order valence-electron chi connectivity index (χ3n) is 3.29. The van der Waals surface area contributed by atoms with E-state index in [-0.39, 0.29) is 12.3 Å². The number of halogens is 1. The molecule has 120 valence electrons. The fourth-order valence-corrected chi connectivity index (χ4v) is 2.96. The summed E-state index contributed by atoms with van der Waals surface area (Å²) in [5, 5.41) is 14.6. The summed E-state index contributed by atoms with van der Waals surface area (Å²) in [5.41, 5.74) is 1.34. The number of aromatic nitrogens is 1. The van der Waals surface area contributed by atoms with Crippen LogP contribution in [-0.2, 0) is 11.2 Å². The number of carbonyl (C=O) groups is 1. The van der Waals surface area contributed by atoms with Crippen molar-refractivity contribution in [3.05, 3.63) is 58.4 Å². The number of nitrogens with zero attached hydrogens (tertiary/aromatic N) is 2. The van der Waals surface area contributed by atoms with Gasteiger partial charge in [0.05, 0.1) is 11.8 Å². The van der Waals surface area contributed by atoms with Gasteiger partial charge in [-0.2, -0.15) is 5.26 Å². The number of aryl methyl sites for hydroxylation is 1. The van der Waals surface area contributed by atoms with Crippen molar-refractivity contribution in [2.24, 2.45) is 0 Å². The van der Waals surface area contributed by atoms with E-state index in [2.05, 4.69) is 10.3 Å². The first-order valence-electron chi connectivity index (χ1n) is 7.14. The molecule has 0 fully saturated rings. The van der Waals surface area contributed by atoms with Gasteiger partial charge in [-0.1, -0.05) is 11.6 Å². The fourth-order valence-electron chi connectivity index (χ4n) is 2.08. The Labute approximate surface area is 147 Å². The second-order valence-corrected chi connectivity index (χ2v) is 6.30. The molecule has 1 aromatic carbocycles. The molecule has 0 saturated heterocycles. The van der Waals surface area contributed by atoms with Gasteiger partial charge in [-0.3, -0.25) is 4.79 Å². The summed E-state index contributed by atoms with van der Waals surface area (Å²) in [6.45, 7) is 0. The Hall–Kier alpha value is -2.62. The molecule has 1 amide bonds. The molecule has 0 atom stereocenters. The number of nitriles is 1. The second kappa shape index (κ2) is 7.30. The molecule has 0 spiro atoms. The molecule has 0 unspecified atom stereocenters. The van der Waals surface area contributed by atoms with E-state index < -0.39 is 0 Å². The highest BCUT2D eigenvalue weighted by molar-refractivity contribution is 7.14. The summed E-state index contributed by atoms with van der Waals surface area (Å²) < 4.78 is 5.66. The molecule has 2 heterocycles. The van der Waals surface area contributed by atoms with Crippen molar-refractivity contribution in [1.82, 2.24) is 4.98 Å². The monoisotopic (exact) mass is 357 g/mol. The zero-order chi connectivity index (χ0) is 16.9. The number of rotatable bonds is 5. The van der Waals surface area contributed by atoms with E-state index in [0.717, 1.165) is 5.56 Å². The molecule has 0 aliphatic carbocycles. The Bertz CT molecular complexity index is 893. The molecule has 5 nitrogen and oxygen atoms in total. The molecule has 3 aromatic rings. The number of carbonyl (C=O) groups excluding carboxylic acids is 1. The number of nitrogens with one attached hydrogen (secondary N) is 1. The number of oxazole rings is 1. The standard InChI is InChI=1S/C17H12ClN3O2S/c18-13-3-1-11(2-4-13)14-10-20-16(23-14)6-5-15(22)21-17-12(9-19)7-8-24-17/h1-4,7-8,10H,5-6H2,(H,21,22). The largest absolute Gasteiger partial charge is 0.441 e. The number of hydrogen-bond acceptors (Lipinski definition) is 5. The molecular weight excluding hydrogens is 346 g/mol. The summed E-state index contributed by atoms with van der Waals surface area (Å²) in [6, 6.07) is 11.0. The number of thiophene rings is 1. The number of benzene rings is 1. The third-order valence-corrected chi connectivity index (χ3v) is 4.37. The van der Waals surface area contributed by atoms with Crippen molar-refractivity contribution in [3.63, 3.8) is 0 Å². The molecule has 0 saturated carbocycles. The van der Waals surface area contributed by atoms with Gasteiger partial charge in [-0.15, -0.1) is 11.3 Å². The van der Waals surface area contributed by atoms with Gasteiger partial charge in [0.25, 0.3) is 0 Å². The van der Waals surface area contributed by atoms with Crippen molar-refractivity contribution in [2.45, 2.75) is 12.8 Å². The maximum atomic E-state index is 12.0. The minimum Gasteiger partial charge on any atom is -0.441 e. The van der Waals surface area contributed by atoms with Crippen molar-refractivity contribution in [3.8, 4) is 17.4 Å². The van der Waals surface area contributed by atoms with Crippen LogP contribution in [-0.4, -0.2) is 10.9 Å². The molecule has 0 radical (unpaired) electrons. The van der Waals surface area contributed by atoms with E-state index in [1.807, 2.05) is 18.2 Å². The predicted molar refractivity (Wildman–Crippen MR) is 92.9 cm³/mol. The van der Waals surface area contributed by atoms with Crippen LogP contribution in [0.1, 0.15) is 17.9 Å². The normalized spacial score (nSPS) is 10.3. The average molecular weight is 358 g/mol. The Morgan fingerprint density at radius 2 is 2.12 bits per heavy atom. The van der Waals surface area contributed by atoms with E-state index in [0.29, 0.717) is 33.7 Å². The fraction of sp³-hybridized carbons (Fsp3) is 0.118. The summed E-state index contributed by atoms with van der Waals surface area (Å²) in [5.74, 6) is 0.939. The molecule has 7 heteroatoms. The number of anilines is 1. The van der Waals surface area contributed by atoms with Crippen LogP contribution in [0.2, 0.25) is 5.02 Å². The minimum atomic E-state index is -0.180. The Kier molecular flexibility index (Phi) is 4.94. The van der Waals surface area contributed by atoms with Gasteiger partial charge in [-0.05, 0) is 35.7 Å². The van der Waals surface area contributed by atoms with Gasteiger partial charge < -0.3 is 9.73 Å². The Balaban J connectivity index is 1.58. The molecule has 0 bridgehead atoms. The summed E-state index contributed by atoms with van der Waals surface area (Å²) in [6.07, 6.45) is 2.24. The summed E-state index contributed by atoms with van der Waals surface area (Å²) in [4.78, 5) is 16.2. The second-order valence-electron chi connectivity index (χ2n) is 4.95. The highest BCUT2D eigenvalue weighted by atomic mass is 35.5. The van der Waals surface area contributed by atoms with Crippen LogP contribution in [0, 0.1) is 11.3 Å². The zero-order valence-corrected chi connectivity index (χ0v) is 14.0. The van der Waals surface area contributed by atoms with Crippen molar-refractivity contribution in [1.29, 1.82) is 5.26 Å². The van der Waals surface area contributed by atoms with Gasteiger partial charge in [0.1, 0.15) is 11.1 Å². The van der Waals surface area contributed by atoms with Crippen molar-refractivity contribution < 1.29 is 9.21 Å². The molecule has 2 aromatic heterocycles. The van der Waals surface area contributed by atoms with Crippen LogP contribution >= 0.6 is 22.9 Å². The van der Waals surface area contributed by atoms with Crippen molar-refractivity contribution >= 4 is 33.8 Å². The molecule has 0 aliphatic heterocycles. The maximum absolute atomic E-state index is 12.0. The summed E-state index contributed by atoms with van der Waals surface area (Å²) >= 11 is 7.18. The van der Waals surface area contributed by atoms with Crippen LogP contribution in [0.4, 0.5) is 5.00 Å². The van der Waals surface area contributed by atoms with E-state index in [4.69, 9.17) is 21.3 Å². The highest BCUT2D eigenvalue weighted by Crippen LogP contribution is 2.24.